The van der Waals surface area contributed by atoms with E-state index in [4.69, 9.17) is 19.2 Å². The number of pyridine rings is 1. The number of aromatic nitrogens is 2. The number of carbonyl (C=O) groups is 1. The average molecular weight is 417 g/mol. The zero-order chi connectivity index (χ0) is 21.8. The Morgan fingerprint density at radius 3 is 2.45 bits per heavy atom. The number of carbonyl (C=O) groups excluding carboxylic acids is 1. The van der Waals surface area contributed by atoms with Gasteiger partial charge in [-0.15, -0.1) is 0 Å². The van der Waals surface area contributed by atoms with E-state index in [2.05, 4.69) is 5.32 Å². The topological polar surface area (TPSA) is 74.1 Å². The molecule has 0 unspecified atom stereocenters. The number of rotatable bonds is 7. The summed E-state index contributed by atoms with van der Waals surface area (Å²) in [6.45, 7) is 1.89. The summed E-state index contributed by atoms with van der Waals surface area (Å²) in [5.41, 5.74) is 4.32. The Kier molecular flexibility index (Phi) is 5.75. The minimum atomic E-state index is -0.254. The number of methoxy groups -OCH3 is 2. The number of nitrogens with one attached hydrogen (secondary N) is 1. The highest BCUT2D eigenvalue weighted by Crippen LogP contribution is 2.26. The summed E-state index contributed by atoms with van der Waals surface area (Å²) in [6.07, 6.45) is 1.86. The van der Waals surface area contributed by atoms with Gasteiger partial charge < -0.3 is 23.9 Å². The van der Waals surface area contributed by atoms with Gasteiger partial charge in [0.2, 0.25) is 0 Å². The Bertz CT molecular complexity index is 1220. The molecular formula is C24H23N3O4. The Morgan fingerprint density at radius 2 is 1.71 bits per heavy atom. The van der Waals surface area contributed by atoms with Crippen LogP contribution >= 0.6 is 0 Å². The summed E-state index contributed by atoms with van der Waals surface area (Å²) in [6, 6.07) is 18.6. The van der Waals surface area contributed by atoms with Gasteiger partial charge in [-0.3, -0.25) is 4.79 Å². The molecule has 158 valence electrons. The fraction of sp³-hybridized carbons (Fsp3) is 0.167. The lowest BCUT2D eigenvalue weighted by molar-refractivity contribution is -0.118. The van der Waals surface area contributed by atoms with E-state index in [9.17, 15) is 4.79 Å². The summed E-state index contributed by atoms with van der Waals surface area (Å²) in [5, 5.41) is 2.86. The van der Waals surface area contributed by atoms with Crippen molar-refractivity contribution in [2.24, 2.45) is 0 Å². The molecule has 0 bridgehead atoms. The van der Waals surface area contributed by atoms with E-state index in [1.165, 1.54) is 0 Å². The third-order valence-electron chi connectivity index (χ3n) is 4.92. The molecule has 4 rings (SSSR count). The van der Waals surface area contributed by atoms with Crippen LogP contribution in [0.15, 0.2) is 66.9 Å². The van der Waals surface area contributed by atoms with Crippen LogP contribution in [0.3, 0.4) is 0 Å². The lowest BCUT2D eigenvalue weighted by Gasteiger charge is -2.09. The van der Waals surface area contributed by atoms with E-state index in [1.54, 1.807) is 26.4 Å². The molecule has 0 fully saturated rings. The highest BCUT2D eigenvalue weighted by molar-refractivity contribution is 5.92. The van der Waals surface area contributed by atoms with Crippen LogP contribution in [0.1, 0.15) is 5.69 Å². The van der Waals surface area contributed by atoms with Gasteiger partial charge in [0.25, 0.3) is 5.91 Å². The van der Waals surface area contributed by atoms with Gasteiger partial charge in [-0.2, -0.15) is 0 Å². The summed E-state index contributed by atoms with van der Waals surface area (Å²) in [4.78, 5) is 17.1. The van der Waals surface area contributed by atoms with Gasteiger partial charge in [-0.05, 0) is 55.5 Å². The SMILES string of the molecule is COc1ccc(-c2nc3ccc(NC(=O)COc4cccc(OC)c4)cn3c2C)cc1. The highest BCUT2D eigenvalue weighted by atomic mass is 16.5. The number of imidazole rings is 1. The van der Waals surface area contributed by atoms with E-state index in [1.807, 2.05) is 66.1 Å². The number of hydrogen-bond donors (Lipinski definition) is 1. The third kappa shape index (κ3) is 4.45. The Balaban J connectivity index is 1.48. The summed E-state index contributed by atoms with van der Waals surface area (Å²) >= 11 is 0. The number of aryl methyl sites for hydroxylation is 1. The van der Waals surface area contributed by atoms with Crippen LogP contribution < -0.4 is 19.5 Å². The number of hydrogen-bond acceptors (Lipinski definition) is 5. The van der Waals surface area contributed by atoms with Crippen molar-refractivity contribution in [2.75, 3.05) is 26.1 Å². The van der Waals surface area contributed by atoms with E-state index < -0.39 is 0 Å². The monoisotopic (exact) mass is 417 g/mol. The summed E-state index contributed by atoms with van der Waals surface area (Å²) in [5.74, 6) is 1.78. The van der Waals surface area contributed by atoms with Crippen molar-refractivity contribution in [3.63, 3.8) is 0 Å². The van der Waals surface area contributed by atoms with Crippen LogP contribution in [-0.2, 0) is 4.79 Å². The maximum Gasteiger partial charge on any atom is 0.262 e. The van der Waals surface area contributed by atoms with Gasteiger partial charge in [-0.1, -0.05) is 6.07 Å². The van der Waals surface area contributed by atoms with Crippen LogP contribution in [0.5, 0.6) is 17.2 Å². The van der Waals surface area contributed by atoms with Crippen LogP contribution in [0.2, 0.25) is 0 Å². The van der Waals surface area contributed by atoms with Gasteiger partial charge in [0.15, 0.2) is 6.61 Å². The molecule has 1 amide bonds. The number of ether oxygens (including phenoxy) is 3. The molecule has 0 aliphatic carbocycles. The quantitative estimate of drug-likeness (QED) is 0.484. The van der Waals surface area contributed by atoms with Crippen molar-refractivity contribution in [1.82, 2.24) is 9.38 Å². The lowest BCUT2D eigenvalue weighted by Crippen LogP contribution is -2.20. The molecule has 7 heteroatoms. The molecule has 2 aromatic carbocycles. The van der Waals surface area contributed by atoms with Gasteiger partial charge in [0, 0.05) is 23.5 Å². The smallest absolute Gasteiger partial charge is 0.262 e. The Hall–Kier alpha value is -4.00. The van der Waals surface area contributed by atoms with Crippen LogP contribution in [-0.4, -0.2) is 36.1 Å². The Morgan fingerprint density at radius 1 is 0.968 bits per heavy atom. The van der Waals surface area contributed by atoms with Crippen molar-refractivity contribution < 1.29 is 19.0 Å². The predicted octanol–water partition coefficient (Wildman–Crippen LogP) is 4.34. The molecule has 0 radical (unpaired) electrons. The number of nitrogens with zero attached hydrogens (tertiary/aromatic N) is 2. The molecule has 7 nitrogen and oxygen atoms in total. The molecule has 1 N–H and O–H groups in total. The minimum Gasteiger partial charge on any atom is -0.497 e. The maximum atomic E-state index is 12.3. The molecule has 31 heavy (non-hydrogen) atoms. The molecule has 0 atom stereocenters. The van der Waals surface area contributed by atoms with Crippen molar-refractivity contribution in [3.8, 4) is 28.5 Å². The summed E-state index contributed by atoms with van der Waals surface area (Å²) in [7, 11) is 3.23. The number of benzene rings is 2. The molecule has 2 aromatic heterocycles. The molecular weight excluding hydrogens is 394 g/mol. The van der Waals surface area contributed by atoms with Gasteiger partial charge in [0.05, 0.1) is 25.6 Å². The molecule has 0 saturated carbocycles. The number of fused-ring (bicyclic) bond motifs is 1. The molecule has 4 aromatic rings. The predicted molar refractivity (Wildman–Crippen MR) is 119 cm³/mol. The number of anilines is 1. The van der Waals surface area contributed by atoms with E-state index in [0.29, 0.717) is 17.2 Å². The molecule has 0 saturated heterocycles. The van der Waals surface area contributed by atoms with Gasteiger partial charge in [0.1, 0.15) is 22.9 Å². The highest BCUT2D eigenvalue weighted by Gasteiger charge is 2.12. The van der Waals surface area contributed by atoms with Crippen molar-refractivity contribution >= 4 is 17.2 Å². The van der Waals surface area contributed by atoms with E-state index in [-0.39, 0.29) is 12.5 Å². The molecule has 2 heterocycles. The zero-order valence-electron chi connectivity index (χ0n) is 17.6. The first kappa shape index (κ1) is 20.3. The molecule has 0 aliphatic heterocycles. The van der Waals surface area contributed by atoms with Crippen molar-refractivity contribution in [3.05, 3.63) is 72.6 Å². The largest absolute Gasteiger partial charge is 0.497 e. The van der Waals surface area contributed by atoms with Gasteiger partial charge in [-0.25, -0.2) is 4.98 Å². The molecule has 0 spiro atoms. The third-order valence-corrected chi connectivity index (χ3v) is 4.92. The summed E-state index contributed by atoms with van der Waals surface area (Å²) < 4.78 is 17.9. The van der Waals surface area contributed by atoms with Crippen molar-refractivity contribution in [1.29, 1.82) is 0 Å². The van der Waals surface area contributed by atoms with Crippen LogP contribution in [0.4, 0.5) is 5.69 Å². The first-order valence-corrected chi connectivity index (χ1v) is 9.77. The van der Waals surface area contributed by atoms with Gasteiger partial charge >= 0.3 is 0 Å². The lowest BCUT2D eigenvalue weighted by atomic mass is 10.1. The zero-order valence-corrected chi connectivity index (χ0v) is 17.6. The first-order chi connectivity index (χ1) is 15.1. The van der Waals surface area contributed by atoms with Crippen LogP contribution in [0, 0.1) is 6.92 Å². The number of amides is 1. The standard InChI is InChI=1S/C24H23N3O4/c1-16-24(17-7-10-19(29-2)11-8-17)26-22-12-9-18(14-27(16)22)25-23(28)15-31-21-6-4-5-20(13-21)30-3/h4-14H,15H2,1-3H3,(H,25,28). The molecule has 0 aliphatic rings. The Labute approximate surface area is 180 Å². The van der Waals surface area contributed by atoms with Crippen molar-refractivity contribution in [2.45, 2.75) is 6.92 Å². The second-order valence-electron chi connectivity index (χ2n) is 6.94. The average Bonchev–Trinajstić information content (AvgIpc) is 3.14. The van der Waals surface area contributed by atoms with E-state index in [0.717, 1.165) is 28.3 Å². The second-order valence-corrected chi connectivity index (χ2v) is 6.94. The fourth-order valence-corrected chi connectivity index (χ4v) is 3.30. The first-order valence-electron chi connectivity index (χ1n) is 9.77. The normalized spacial score (nSPS) is 10.7. The van der Waals surface area contributed by atoms with E-state index >= 15 is 0 Å². The maximum absolute atomic E-state index is 12.3. The van der Waals surface area contributed by atoms with Crippen LogP contribution in [0.25, 0.3) is 16.9 Å². The second kappa shape index (κ2) is 8.79. The minimum absolute atomic E-state index is 0.106. The fourth-order valence-electron chi connectivity index (χ4n) is 3.30.